The van der Waals surface area contributed by atoms with Crippen molar-refractivity contribution in [2.45, 2.75) is 26.6 Å². The molecule has 7 heteroatoms. The van der Waals surface area contributed by atoms with Crippen molar-refractivity contribution in [1.29, 1.82) is 0 Å². The maximum Gasteiger partial charge on any atom is 0.416 e. The Bertz CT molecular complexity index is 757. The zero-order valence-electron chi connectivity index (χ0n) is 16.1. The predicted octanol–water partition coefficient (Wildman–Crippen LogP) is 4.36. The summed E-state index contributed by atoms with van der Waals surface area (Å²) in [5.41, 5.74) is 0.898. The summed E-state index contributed by atoms with van der Waals surface area (Å²) in [7, 11) is 0. The van der Waals surface area contributed by atoms with Gasteiger partial charge in [-0.2, -0.15) is 13.2 Å². The summed E-state index contributed by atoms with van der Waals surface area (Å²) in [5, 5.41) is 2.70. The summed E-state index contributed by atoms with van der Waals surface area (Å²) < 4.78 is 43.3. The van der Waals surface area contributed by atoms with Crippen molar-refractivity contribution >= 4 is 5.91 Å². The molecule has 0 aliphatic carbocycles. The standard InChI is InChI=1S/C21H25F3N2O2/c1-3-26(4-2)15-16-8-10-17(11-9-16)20(27)25-12-13-28-19-7-5-6-18(14-19)21(22,23)24/h5-11,14H,3-4,12-13,15H2,1-2H3,(H,25,27). The first-order valence-electron chi connectivity index (χ1n) is 9.23. The summed E-state index contributed by atoms with van der Waals surface area (Å²) in [6.45, 7) is 7.23. The molecule has 0 saturated heterocycles. The number of hydrogen-bond acceptors (Lipinski definition) is 3. The number of rotatable bonds is 9. The molecule has 1 amide bonds. The van der Waals surface area contributed by atoms with Crippen molar-refractivity contribution in [3.05, 3.63) is 65.2 Å². The van der Waals surface area contributed by atoms with Gasteiger partial charge in [0.15, 0.2) is 0 Å². The molecule has 0 heterocycles. The van der Waals surface area contributed by atoms with E-state index in [4.69, 9.17) is 4.74 Å². The lowest BCUT2D eigenvalue weighted by Gasteiger charge is -2.18. The van der Waals surface area contributed by atoms with E-state index in [1.54, 1.807) is 12.1 Å². The lowest BCUT2D eigenvalue weighted by molar-refractivity contribution is -0.137. The summed E-state index contributed by atoms with van der Waals surface area (Å²) in [6.07, 6.45) is -4.41. The molecule has 2 aromatic rings. The van der Waals surface area contributed by atoms with E-state index < -0.39 is 11.7 Å². The van der Waals surface area contributed by atoms with Gasteiger partial charge in [0.2, 0.25) is 0 Å². The van der Waals surface area contributed by atoms with E-state index in [1.165, 1.54) is 12.1 Å². The second kappa shape index (κ2) is 10.1. The Kier molecular flexibility index (Phi) is 7.87. The zero-order valence-corrected chi connectivity index (χ0v) is 16.1. The number of ether oxygens (including phenoxy) is 1. The molecule has 0 unspecified atom stereocenters. The fourth-order valence-corrected chi connectivity index (χ4v) is 2.66. The number of carbonyl (C=O) groups excluding carboxylic acids is 1. The first-order chi connectivity index (χ1) is 13.3. The van der Waals surface area contributed by atoms with E-state index in [-0.39, 0.29) is 24.8 Å². The zero-order chi connectivity index (χ0) is 20.6. The van der Waals surface area contributed by atoms with Crippen molar-refractivity contribution < 1.29 is 22.7 Å². The molecule has 152 valence electrons. The topological polar surface area (TPSA) is 41.6 Å². The van der Waals surface area contributed by atoms with Crippen LogP contribution < -0.4 is 10.1 Å². The molecule has 0 aliphatic rings. The third-order valence-corrected chi connectivity index (χ3v) is 4.33. The Morgan fingerprint density at radius 3 is 2.36 bits per heavy atom. The van der Waals surface area contributed by atoms with Crippen LogP contribution in [-0.2, 0) is 12.7 Å². The number of benzene rings is 2. The second-order valence-corrected chi connectivity index (χ2v) is 6.29. The highest BCUT2D eigenvalue weighted by Crippen LogP contribution is 2.31. The van der Waals surface area contributed by atoms with Crippen LogP contribution in [0, 0.1) is 0 Å². The minimum absolute atomic E-state index is 0.0765. The maximum atomic E-state index is 12.7. The van der Waals surface area contributed by atoms with Crippen LogP contribution in [-0.4, -0.2) is 37.0 Å². The van der Waals surface area contributed by atoms with Crippen LogP contribution in [0.5, 0.6) is 5.75 Å². The smallest absolute Gasteiger partial charge is 0.416 e. The highest BCUT2D eigenvalue weighted by atomic mass is 19.4. The van der Waals surface area contributed by atoms with Gasteiger partial charge in [0.05, 0.1) is 12.1 Å². The van der Waals surface area contributed by atoms with E-state index in [1.807, 2.05) is 12.1 Å². The van der Waals surface area contributed by atoms with Crippen LogP contribution >= 0.6 is 0 Å². The highest BCUT2D eigenvalue weighted by molar-refractivity contribution is 5.94. The predicted molar refractivity (Wildman–Crippen MR) is 102 cm³/mol. The molecule has 0 bridgehead atoms. The van der Waals surface area contributed by atoms with Crippen LogP contribution in [0.4, 0.5) is 13.2 Å². The van der Waals surface area contributed by atoms with Crippen molar-refractivity contribution in [1.82, 2.24) is 10.2 Å². The van der Waals surface area contributed by atoms with Crippen LogP contribution in [0.3, 0.4) is 0 Å². The van der Waals surface area contributed by atoms with Gasteiger partial charge < -0.3 is 10.1 Å². The molecule has 0 aliphatic heterocycles. The van der Waals surface area contributed by atoms with Gasteiger partial charge in [-0.1, -0.05) is 32.0 Å². The van der Waals surface area contributed by atoms with Crippen LogP contribution in [0.1, 0.15) is 35.3 Å². The number of alkyl halides is 3. The number of nitrogens with one attached hydrogen (secondary N) is 1. The average molecular weight is 394 g/mol. The Labute approximate surface area is 163 Å². The number of hydrogen-bond donors (Lipinski definition) is 1. The SMILES string of the molecule is CCN(CC)Cc1ccc(C(=O)NCCOc2cccc(C(F)(F)F)c2)cc1. The van der Waals surface area contributed by atoms with Crippen LogP contribution in [0.2, 0.25) is 0 Å². The van der Waals surface area contributed by atoms with Crippen LogP contribution in [0.15, 0.2) is 48.5 Å². The highest BCUT2D eigenvalue weighted by Gasteiger charge is 2.30. The van der Waals surface area contributed by atoms with Crippen LogP contribution in [0.25, 0.3) is 0 Å². The number of amides is 1. The molecule has 0 saturated carbocycles. The van der Waals surface area contributed by atoms with Gasteiger partial charge in [-0.05, 0) is 49.0 Å². The van der Waals surface area contributed by atoms with Gasteiger partial charge in [0, 0.05) is 12.1 Å². The molecular formula is C21H25F3N2O2. The lowest BCUT2D eigenvalue weighted by atomic mass is 10.1. The summed E-state index contributed by atoms with van der Waals surface area (Å²) in [5.74, 6) is -0.133. The van der Waals surface area contributed by atoms with Crippen molar-refractivity contribution in [2.75, 3.05) is 26.2 Å². The monoisotopic (exact) mass is 394 g/mol. The van der Waals surface area contributed by atoms with Gasteiger partial charge in [-0.3, -0.25) is 9.69 Å². The molecule has 1 N–H and O–H groups in total. The first kappa shape index (κ1) is 21.8. The van der Waals surface area contributed by atoms with E-state index in [9.17, 15) is 18.0 Å². The van der Waals surface area contributed by atoms with Crippen molar-refractivity contribution in [2.24, 2.45) is 0 Å². The van der Waals surface area contributed by atoms with Gasteiger partial charge in [0.1, 0.15) is 12.4 Å². The molecule has 2 rings (SSSR count). The Hall–Kier alpha value is -2.54. The summed E-state index contributed by atoms with van der Waals surface area (Å²) in [4.78, 5) is 14.4. The normalized spacial score (nSPS) is 11.5. The quantitative estimate of drug-likeness (QED) is 0.643. The molecule has 0 atom stereocenters. The van der Waals surface area contributed by atoms with Gasteiger partial charge in [-0.15, -0.1) is 0 Å². The Morgan fingerprint density at radius 1 is 1.07 bits per heavy atom. The number of carbonyl (C=O) groups is 1. The van der Waals surface area contributed by atoms with Gasteiger partial charge in [-0.25, -0.2) is 0 Å². The summed E-state index contributed by atoms with van der Waals surface area (Å²) >= 11 is 0. The largest absolute Gasteiger partial charge is 0.492 e. The van der Waals surface area contributed by atoms with E-state index in [2.05, 4.69) is 24.1 Å². The van der Waals surface area contributed by atoms with Gasteiger partial charge >= 0.3 is 6.18 Å². The van der Waals surface area contributed by atoms with E-state index in [0.717, 1.165) is 37.3 Å². The Morgan fingerprint density at radius 2 is 1.75 bits per heavy atom. The first-order valence-corrected chi connectivity index (χ1v) is 9.23. The fourth-order valence-electron chi connectivity index (χ4n) is 2.66. The summed E-state index contributed by atoms with van der Waals surface area (Å²) in [6, 6.07) is 12.0. The molecule has 2 aromatic carbocycles. The van der Waals surface area contributed by atoms with Crippen molar-refractivity contribution in [3.8, 4) is 5.75 Å². The lowest BCUT2D eigenvalue weighted by Crippen LogP contribution is -2.28. The molecule has 4 nitrogen and oxygen atoms in total. The number of halogens is 3. The molecule has 0 radical (unpaired) electrons. The molecule has 0 fully saturated rings. The Balaban J connectivity index is 1.80. The van der Waals surface area contributed by atoms with E-state index in [0.29, 0.717) is 5.56 Å². The van der Waals surface area contributed by atoms with E-state index >= 15 is 0 Å². The average Bonchev–Trinajstić information content (AvgIpc) is 2.69. The molecular weight excluding hydrogens is 369 g/mol. The van der Waals surface area contributed by atoms with Crippen molar-refractivity contribution in [3.63, 3.8) is 0 Å². The molecule has 0 spiro atoms. The minimum Gasteiger partial charge on any atom is -0.492 e. The second-order valence-electron chi connectivity index (χ2n) is 6.29. The molecule has 0 aromatic heterocycles. The van der Waals surface area contributed by atoms with Gasteiger partial charge in [0.25, 0.3) is 5.91 Å². The fraction of sp³-hybridized carbons (Fsp3) is 0.381. The molecule has 28 heavy (non-hydrogen) atoms. The number of nitrogens with zero attached hydrogens (tertiary/aromatic N) is 1. The minimum atomic E-state index is -4.41. The third-order valence-electron chi connectivity index (χ3n) is 4.33. The maximum absolute atomic E-state index is 12.7. The third kappa shape index (κ3) is 6.56.